The third-order valence-electron chi connectivity index (χ3n) is 4.20. The SMILES string of the molecule is Cc1ccc(NC(=O)c2cncc(C(=O)NCc3cccnc3)c2)cc1C. The van der Waals surface area contributed by atoms with E-state index in [-0.39, 0.29) is 11.8 Å². The van der Waals surface area contributed by atoms with Crippen molar-refractivity contribution in [3.8, 4) is 0 Å². The molecule has 0 unspecified atom stereocenters. The molecule has 0 aliphatic rings. The number of aromatic nitrogens is 2. The highest BCUT2D eigenvalue weighted by Crippen LogP contribution is 2.15. The Morgan fingerprint density at radius 2 is 1.67 bits per heavy atom. The normalized spacial score (nSPS) is 10.3. The summed E-state index contributed by atoms with van der Waals surface area (Å²) in [5.41, 5.74) is 4.49. The Balaban J connectivity index is 1.67. The fourth-order valence-corrected chi connectivity index (χ4v) is 2.50. The van der Waals surface area contributed by atoms with Gasteiger partial charge in [-0.1, -0.05) is 12.1 Å². The van der Waals surface area contributed by atoms with E-state index in [1.165, 1.54) is 18.5 Å². The van der Waals surface area contributed by atoms with Gasteiger partial charge in [-0.25, -0.2) is 0 Å². The third kappa shape index (κ3) is 4.76. The minimum atomic E-state index is -0.312. The molecule has 0 saturated heterocycles. The fourth-order valence-electron chi connectivity index (χ4n) is 2.50. The van der Waals surface area contributed by atoms with Gasteiger partial charge in [-0.3, -0.25) is 19.6 Å². The van der Waals surface area contributed by atoms with E-state index >= 15 is 0 Å². The van der Waals surface area contributed by atoms with Gasteiger partial charge in [0.25, 0.3) is 11.8 Å². The summed E-state index contributed by atoms with van der Waals surface area (Å²) >= 11 is 0. The van der Waals surface area contributed by atoms with Crippen LogP contribution < -0.4 is 10.6 Å². The van der Waals surface area contributed by atoms with Gasteiger partial charge in [0.1, 0.15) is 0 Å². The van der Waals surface area contributed by atoms with Crippen LogP contribution in [0.4, 0.5) is 5.69 Å². The van der Waals surface area contributed by atoms with E-state index in [4.69, 9.17) is 0 Å². The lowest BCUT2D eigenvalue weighted by Gasteiger charge is -2.09. The Hall–Kier alpha value is -3.54. The Kier molecular flexibility index (Phi) is 5.56. The molecule has 6 heteroatoms. The molecule has 3 aromatic rings. The molecule has 0 bridgehead atoms. The molecule has 0 fully saturated rings. The van der Waals surface area contributed by atoms with Crippen molar-refractivity contribution >= 4 is 17.5 Å². The van der Waals surface area contributed by atoms with Gasteiger partial charge in [0, 0.05) is 37.0 Å². The summed E-state index contributed by atoms with van der Waals surface area (Å²) in [7, 11) is 0. The van der Waals surface area contributed by atoms with Crippen molar-refractivity contribution in [2.45, 2.75) is 20.4 Å². The number of carbonyl (C=O) groups excluding carboxylic acids is 2. The van der Waals surface area contributed by atoms with Crippen molar-refractivity contribution in [2.75, 3.05) is 5.32 Å². The van der Waals surface area contributed by atoms with Gasteiger partial charge in [-0.05, 0) is 54.8 Å². The molecule has 0 spiro atoms. The lowest BCUT2D eigenvalue weighted by atomic mass is 10.1. The summed E-state index contributed by atoms with van der Waals surface area (Å²) in [5, 5.41) is 5.63. The molecule has 3 rings (SSSR count). The van der Waals surface area contributed by atoms with Crippen LogP contribution in [0.15, 0.2) is 61.2 Å². The molecular weight excluding hydrogens is 340 g/mol. The van der Waals surface area contributed by atoms with Gasteiger partial charge in [0.05, 0.1) is 11.1 Å². The average Bonchev–Trinajstić information content (AvgIpc) is 2.70. The molecule has 0 atom stereocenters. The van der Waals surface area contributed by atoms with E-state index < -0.39 is 0 Å². The summed E-state index contributed by atoms with van der Waals surface area (Å²) < 4.78 is 0. The number of rotatable bonds is 5. The highest BCUT2D eigenvalue weighted by Gasteiger charge is 2.12. The van der Waals surface area contributed by atoms with Gasteiger partial charge in [-0.15, -0.1) is 0 Å². The summed E-state index contributed by atoms with van der Waals surface area (Å²) in [6, 6.07) is 10.9. The summed E-state index contributed by atoms with van der Waals surface area (Å²) in [4.78, 5) is 32.8. The molecule has 0 radical (unpaired) electrons. The topological polar surface area (TPSA) is 84.0 Å². The number of nitrogens with zero attached hydrogens (tertiary/aromatic N) is 2. The monoisotopic (exact) mass is 360 g/mol. The van der Waals surface area contributed by atoms with E-state index in [0.29, 0.717) is 23.4 Å². The molecule has 0 saturated carbocycles. The first kappa shape index (κ1) is 18.3. The molecule has 2 amide bonds. The van der Waals surface area contributed by atoms with Crippen molar-refractivity contribution in [3.05, 3.63) is 89.0 Å². The van der Waals surface area contributed by atoms with Crippen LogP contribution in [0, 0.1) is 13.8 Å². The predicted molar refractivity (Wildman–Crippen MR) is 104 cm³/mol. The zero-order chi connectivity index (χ0) is 19.2. The van der Waals surface area contributed by atoms with Crippen LogP contribution in [0.25, 0.3) is 0 Å². The van der Waals surface area contributed by atoms with Crippen molar-refractivity contribution in [3.63, 3.8) is 0 Å². The van der Waals surface area contributed by atoms with Crippen molar-refractivity contribution in [2.24, 2.45) is 0 Å². The molecule has 2 N–H and O–H groups in total. The minimum Gasteiger partial charge on any atom is -0.348 e. The van der Waals surface area contributed by atoms with Crippen molar-refractivity contribution in [1.82, 2.24) is 15.3 Å². The van der Waals surface area contributed by atoms with E-state index in [0.717, 1.165) is 16.7 Å². The second-order valence-electron chi connectivity index (χ2n) is 6.26. The molecule has 136 valence electrons. The quantitative estimate of drug-likeness (QED) is 0.731. The number of benzene rings is 1. The largest absolute Gasteiger partial charge is 0.348 e. The van der Waals surface area contributed by atoms with Gasteiger partial charge in [-0.2, -0.15) is 0 Å². The molecular formula is C21H20N4O2. The van der Waals surface area contributed by atoms with Crippen LogP contribution >= 0.6 is 0 Å². The first-order valence-corrected chi connectivity index (χ1v) is 8.53. The lowest BCUT2D eigenvalue weighted by Crippen LogP contribution is -2.23. The highest BCUT2D eigenvalue weighted by molar-refractivity contribution is 6.05. The van der Waals surface area contributed by atoms with Gasteiger partial charge in [0.15, 0.2) is 0 Å². The van der Waals surface area contributed by atoms with Gasteiger partial charge in [0.2, 0.25) is 0 Å². The Morgan fingerprint density at radius 1 is 0.889 bits per heavy atom. The molecule has 27 heavy (non-hydrogen) atoms. The number of carbonyl (C=O) groups is 2. The smallest absolute Gasteiger partial charge is 0.257 e. The molecule has 0 aliphatic carbocycles. The number of aryl methyl sites for hydroxylation is 2. The van der Waals surface area contributed by atoms with E-state index in [9.17, 15) is 9.59 Å². The number of anilines is 1. The van der Waals surface area contributed by atoms with Crippen LogP contribution in [0.5, 0.6) is 0 Å². The van der Waals surface area contributed by atoms with Crippen LogP contribution in [-0.4, -0.2) is 21.8 Å². The van der Waals surface area contributed by atoms with E-state index in [2.05, 4.69) is 20.6 Å². The first-order valence-electron chi connectivity index (χ1n) is 8.53. The number of hydrogen-bond acceptors (Lipinski definition) is 4. The van der Waals surface area contributed by atoms with Crippen molar-refractivity contribution in [1.29, 1.82) is 0 Å². The maximum atomic E-state index is 12.5. The number of amides is 2. The maximum Gasteiger partial charge on any atom is 0.257 e. The summed E-state index contributed by atoms with van der Waals surface area (Å²) in [5.74, 6) is -0.611. The maximum absolute atomic E-state index is 12.5. The number of pyridine rings is 2. The minimum absolute atomic E-state index is 0.299. The lowest BCUT2D eigenvalue weighted by molar-refractivity contribution is 0.0950. The van der Waals surface area contributed by atoms with Crippen molar-refractivity contribution < 1.29 is 9.59 Å². The average molecular weight is 360 g/mol. The van der Waals surface area contributed by atoms with Gasteiger partial charge < -0.3 is 10.6 Å². The highest BCUT2D eigenvalue weighted by atomic mass is 16.2. The number of hydrogen-bond donors (Lipinski definition) is 2. The summed E-state index contributed by atoms with van der Waals surface area (Å²) in [6.45, 7) is 4.35. The first-order chi connectivity index (χ1) is 13.0. The molecule has 2 heterocycles. The molecule has 0 aliphatic heterocycles. The zero-order valence-corrected chi connectivity index (χ0v) is 15.2. The third-order valence-corrected chi connectivity index (χ3v) is 4.20. The molecule has 2 aromatic heterocycles. The predicted octanol–water partition coefficient (Wildman–Crippen LogP) is 3.28. The molecule has 6 nitrogen and oxygen atoms in total. The summed E-state index contributed by atoms with van der Waals surface area (Å²) in [6.07, 6.45) is 6.23. The fraction of sp³-hybridized carbons (Fsp3) is 0.143. The Morgan fingerprint density at radius 3 is 2.37 bits per heavy atom. The van der Waals surface area contributed by atoms with Crippen LogP contribution in [0.2, 0.25) is 0 Å². The Labute approximate surface area is 157 Å². The number of nitrogens with one attached hydrogen (secondary N) is 2. The Bertz CT molecular complexity index is 971. The zero-order valence-electron chi connectivity index (χ0n) is 15.2. The van der Waals surface area contributed by atoms with E-state index in [1.807, 2.05) is 38.1 Å². The van der Waals surface area contributed by atoms with Crippen LogP contribution in [0.3, 0.4) is 0 Å². The van der Waals surface area contributed by atoms with Crippen LogP contribution in [0.1, 0.15) is 37.4 Å². The second-order valence-corrected chi connectivity index (χ2v) is 6.26. The van der Waals surface area contributed by atoms with Gasteiger partial charge >= 0.3 is 0 Å². The molecule has 1 aromatic carbocycles. The van der Waals surface area contributed by atoms with Crippen LogP contribution in [-0.2, 0) is 6.54 Å². The standard InChI is InChI=1S/C21H20N4O2/c1-14-5-6-19(8-15(14)2)25-21(27)18-9-17(12-23-13-18)20(26)24-11-16-4-3-7-22-10-16/h3-10,12-13H,11H2,1-2H3,(H,24,26)(H,25,27). The van der Waals surface area contributed by atoms with E-state index in [1.54, 1.807) is 18.5 Å². The second kappa shape index (κ2) is 8.23.